The van der Waals surface area contributed by atoms with Gasteiger partial charge in [-0.05, 0) is 49.2 Å². The molecule has 1 amide bonds. The zero-order chi connectivity index (χ0) is 16.3. The fourth-order valence-electron chi connectivity index (χ4n) is 2.24. The highest BCUT2D eigenvalue weighted by Crippen LogP contribution is 2.29. The van der Waals surface area contributed by atoms with Gasteiger partial charge in [0.05, 0.1) is 11.6 Å². The van der Waals surface area contributed by atoms with Crippen molar-refractivity contribution in [2.75, 3.05) is 0 Å². The predicted octanol–water partition coefficient (Wildman–Crippen LogP) is 4.50. The van der Waals surface area contributed by atoms with E-state index in [0.29, 0.717) is 0 Å². The van der Waals surface area contributed by atoms with E-state index in [-0.39, 0.29) is 11.6 Å². The van der Waals surface area contributed by atoms with Crippen LogP contribution in [0.4, 0.5) is 13.2 Å². The lowest BCUT2D eigenvalue weighted by molar-refractivity contribution is -0.137. The molecule has 2 aromatic carbocycles. The summed E-state index contributed by atoms with van der Waals surface area (Å²) in [5.41, 5.74) is 1.45. The van der Waals surface area contributed by atoms with Crippen molar-refractivity contribution in [3.8, 4) is 0 Å². The molecule has 0 saturated heterocycles. The average molecular weight is 307 g/mol. The molecule has 5 heteroatoms. The molecule has 0 heterocycles. The summed E-state index contributed by atoms with van der Waals surface area (Å²) >= 11 is 0. The summed E-state index contributed by atoms with van der Waals surface area (Å²) < 4.78 is 37.5. The molecule has 0 bridgehead atoms. The van der Waals surface area contributed by atoms with Crippen molar-refractivity contribution >= 4 is 5.91 Å². The van der Waals surface area contributed by atoms with E-state index in [1.54, 1.807) is 0 Å². The van der Waals surface area contributed by atoms with Crippen molar-refractivity contribution < 1.29 is 18.0 Å². The van der Waals surface area contributed by atoms with Crippen LogP contribution in [0.15, 0.2) is 48.5 Å². The molecule has 1 unspecified atom stereocenters. The van der Waals surface area contributed by atoms with Gasteiger partial charge in [0.15, 0.2) is 0 Å². The SMILES string of the molecule is Cc1ccccc1C(C)NC(=O)c1ccc(C(F)(F)F)cc1. The lowest BCUT2D eigenvalue weighted by atomic mass is 10.0. The predicted molar refractivity (Wildman–Crippen MR) is 78.5 cm³/mol. The van der Waals surface area contributed by atoms with Gasteiger partial charge in [-0.2, -0.15) is 13.2 Å². The van der Waals surface area contributed by atoms with Gasteiger partial charge >= 0.3 is 6.18 Å². The van der Waals surface area contributed by atoms with Gasteiger partial charge in [0.2, 0.25) is 0 Å². The minimum atomic E-state index is -4.40. The van der Waals surface area contributed by atoms with Crippen LogP contribution < -0.4 is 5.32 Å². The highest BCUT2D eigenvalue weighted by atomic mass is 19.4. The molecule has 0 spiro atoms. The van der Waals surface area contributed by atoms with E-state index in [2.05, 4.69) is 5.32 Å². The Morgan fingerprint density at radius 1 is 1.05 bits per heavy atom. The molecule has 0 saturated carbocycles. The minimum absolute atomic E-state index is 0.202. The maximum absolute atomic E-state index is 12.5. The smallest absolute Gasteiger partial charge is 0.346 e. The van der Waals surface area contributed by atoms with Crippen LogP contribution in [0.1, 0.15) is 40.0 Å². The Labute approximate surface area is 127 Å². The highest BCUT2D eigenvalue weighted by molar-refractivity contribution is 5.94. The molecule has 1 atom stereocenters. The first-order valence-electron chi connectivity index (χ1n) is 6.82. The topological polar surface area (TPSA) is 29.1 Å². The van der Waals surface area contributed by atoms with Crippen molar-refractivity contribution in [1.82, 2.24) is 5.32 Å². The number of hydrogen-bond donors (Lipinski definition) is 1. The quantitative estimate of drug-likeness (QED) is 0.888. The van der Waals surface area contributed by atoms with Crippen LogP contribution in [0, 0.1) is 6.92 Å². The lowest BCUT2D eigenvalue weighted by Gasteiger charge is -2.17. The molecule has 22 heavy (non-hydrogen) atoms. The van der Waals surface area contributed by atoms with Gasteiger partial charge in [0.1, 0.15) is 0 Å². The average Bonchev–Trinajstić information content (AvgIpc) is 2.46. The molecule has 2 aromatic rings. The van der Waals surface area contributed by atoms with Gasteiger partial charge in [-0.25, -0.2) is 0 Å². The third-order valence-electron chi connectivity index (χ3n) is 3.48. The maximum Gasteiger partial charge on any atom is 0.416 e. The van der Waals surface area contributed by atoms with E-state index in [1.165, 1.54) is 12.1 Å². The summed E-state index contributed by atoms with van der Waals surface area (Å²) in [6, 6.07) is 11.6. The van der Waals surface area contributed by atoms with E-state index >= 15 is 0 Å². The lowest BCUT2D eigenvalue weighted by Crippen LogP contribution is -2.27. The molecule has 0 aliphatic heterocycles. The number of carbonyl (C=O) groups is 1. The number of nitrogens with one attached hydrogen (secondary N) is 1. The van der Waals surface area contributed by atoms with Crippen LogP contribution >= 0.6 is 0 Å². The largest absolute Gasteiger partial charge is 0.416 e. The minimum Gasteiger partial charge on any atom is -0.346 e. The molecule has 0 aliphatic rings. The third kappa shape index (κ3) is 3.67. The fourth-order valence-corrected chi connectivity index (χ4v) is 2.24. The van der Waals surface area contributed by atoms with Crippen LogP contribution in [0.25, 0.3) is 0 Å². The van der Waals surface area contributed by atoms with Crippen molar-refractivity contribution in [3.05, 3.63) is 70.8 Å². The van der Waals surface area contributed by atoms with E-state index in [9.17, 15) is 18.0 Å². The Balaban J connectivity index is 2.11. The number of rotatable bonds is 3. The molecule has 0 aliphatic carbocycles. The van der Waals surface area contributed by atoms with E-state index < -0.39 is 17.6 Å². The molecule has 0 radical (unpaired) electrons. The molecule has 1 N–H and O–H groups in total. The summed E-state index contributed by atoms with van der Waals surface area (Å²) in [4.78, 5) is 12.1. The summed E-state index contributed by atoms with van der Waals surface area (Å²) in [6.07, 6.45) is -4.40. The van der Waals surface area contributed by atoms with Gasteiger partial charge in [0.25, 0.3) is 5.91 Å². The molecular weight excluding hydrogens is 291 g/mol. The number of amides is 1. The Morgan fingerprint density at radius 3 is 2.18 bits per heavy atom. The summed E-state index contributed by atoms with van der Waals surface area (Å²) in [5, 5.41) is 2.79. The van der Waals surface area contributed by atoms with E-state index in [4.69, 9.17) is 0 Å². The molecular formula is C17H16F3NO. The number of alkyl halides is 3. The molecule has 2 nitrogen and oxygen atoms in total. The fraction of sp³-hybridized carbons (Fsp3) is 0.235. The van der Waals surface area contributed by atoms with Crippen LogP contribution in [0.2, 0.25) is 0 Å². The van der Waals surface area contributed by atoms with E-state index in [0.717, 1.165) is 23.3 Å². The normalized spacial score (nSPS) is 12.8. The first kappa shape index (κ1) is 16.1. The van der Waals surface area contributed by atoms with Gasteiger partial charge in [-0.1, -0.05) is 24.3 Å². The summed E-state index contributed by atoms with van der Waals surface area (Å²) in [5.74, 6) is -0.399. The Morgan fingerprint density at radius 2 is 1.64 bits per heavy atom. The Kier molecular flexibility index (Phi) is 4.54. The van der Waals surface area contributed by atoms with E-state index in [1.807, 2.05) is 38.1 Å². The highest BCUT2D eigenvalue weighted by Gasteiger charge is 2.30. The third-order valence-corrected chi connectivity index (χ3v) is 3.48. The summed E-state index contributed by atoms with van der Waals surface area (Å²) in [6.45, 7) is 3.78. The maximum atomic E-state index is 12.5. The van der Waals surface area contributed by atoms with Crippen LogP contribution in [-0.4, -0.2) is 5.91 Å². The van der Waals surface area contributed by atoms with Crippen LogP contribution in [-0.2, 0) is 6.18 Å². The number of hydrogen-bond acceptors (Lipinski definition) is 1. The first-order valence-corrected chi connectivity index (χ1v) is 6.82. The van der Waals surface area contributed by atoms with Crippen LogP contribution in [0.5, 0.6) is 0 Å². The standard InChI is InChI=1S/C17H16F3NO/c1-11-5-3-4-6-15(11)12(2)21-16(22)13-7-9-14(10-8-13)17(18,19)20/h3-10,12H,1-2H3,(H,21,22). The van der Waals surface area contributed by atoms with Crippen molar-refractivity contribution in [2.45, 2.75) is 26.1 Å². The van der Waals surface area contributed by atoms with Gasteiger partial charge in [0, 0.05) is 5.56 Å². The second kappa shape index (κ2) is 6.22. The zero-order valence-corrected chi connectivity index (χ0v) is 12.2. The Bertz CT molecular complexity index is 662. The van der Waals surface area contributed by atoms with Crippen molar-refractivity contribution in [1.29, 1.82) is 0 Å². The van der Waals surface area contributed by atoms with Crippen LogP contribution in [0.3, 0.4) is 0 Å². The second-order valence-corrected chi connectivity index (χ2v) is 5.13. The second-order valence-electron chi connectivity index (χ2n) is 5.13. The summed E-state index contributed by atoms with van der Waals surface area (Å²) in [7, 11) is 0. The van der Waals surface area contributed by atoms with Gasteiger partial charge < -0.3 is 5.32 Å². The number of benzene rings is 2. The Hall–Kier alpha value is -2.30. The number of halogens is 3. The first-order chi connectivity index (χ1) is 10.3. The van der Waals surface area contributed by atoms with Gasteiger partial charge in [-0.15, -0.1) is 0 Å². The molecule has 0 fully saturated rings. The zero-order valence-electron chi connectivity index (χ0n) is 12.2. The van der Waals surface area contributed by atoms with Gasteiger partial charge in [-0.3, -0.25) is 4.79 Å². The molecule has 116 valence electrons. The number of carbonyl (C=O) groups excluding carboxylic acids is 1. The molecule has 0 aromatic heterocycles. The van der Waals surface area contributed by atoms with Crippen molar-refractivity contribution in [3.63, 3.8) is 0 Å². The molecule has 2 rings (SSSR count). The monoisotopic (exact) mass is 307 g/mol. The van der Waals surface area contributed by atoms with Crippen molar-refractivity contribution in [2.24, 2.45) is 0 Å². The number of aryl methyl sites for hydroxylation is 1.